The summed E-state index contributed by atoms with van der Waals surface area (Å²) in [4.78, 5) is 4.60. The van der Waals surface area contributed by atoms with Gasteiger partial charge in [0.15, 0.2) is 12.4 Å². The largest absolute Gasteiger partial charge is 0.467 e. The van der Waals surface area contributed by atoms with Crippen LogP contribution in [-0.2, 0) is 15.7 Å². The molecule has 3 heterocycles. The van der Waals surface area contributed by atoms with Gasteiger partial charge in [-0.25, -0.2) is 4.98 Å². The first-order chi connectivity index (χ1) is 14.4. The first-order valence-corrected chi connectivity index (χ1v) is 9.73. The molecule has 3 aromatic rings. The van der Waals surface area contributed by atoms with E-state index in [0.717, 1.165) is 23.9 Å². The fourth-order valence-electron chi connectivity index (χ4n) is 3.53. The standard InChI is InChI=1S/C21H22F3N3O3/c1-3-28-12-30-18-9-15(21(22,23)24)8-13(2)19(18)17-5-4-14-10-27(26-20(14)25-17)16-6-7-29-11-16/h4-5,8-10,16H,3,6-7,11-12H2,1-2H3/t16-/m1/s1. The molecule has 1 aromatic carbocycles. The van der Waals surface area contributed by atoms with Crippen molar-refractivity contribution in [3.8, 4) is 17.0 Å². The van der Waals surface area contributed by atoms with E-state index in [0.29, 0.717) is 42.3 Å². The van der Waals surface area contributed by atoms with E-state index in [2.05, 4.69) is 10.1 Å². The predicted octanol–water partition coefficient (Wildman–Crippen LogP) is 4.76. The summed E-state index contributed by atoms with van der Waals surface area (Å²) in [6.07, 6.45) is -1.68. The first-order valence-electron chi connectivity index (χ1n) is 9.73. The van der Waals surface area contributed by atoms with Gasteiger partial charge in [0.05, 0.1) is 23.9 Å². The Hall–Kier alpha value is -2.65. The average molecular weight is 421 g/mol. The summed E-state index contributed by atoms with van der Waals surface area (Å²) in [7, 11) is 0. The molecular weight excluding hydrogens is 399 g/mol. The van der Waals surface area contributed by atoms with Crippen molar-refractivity contribution in [2.75, 3.05) is 26.6 Å². The minimum absolute atomic E-state index is 0.0752. The lowest BCUT2D eigenvalue weighted by Crippen LogP contribution is -2.09. The van der Waals surface area contributed by atoms with Crippen LogP contribution < -0.4 is 4.74 Å². The second-order valence-electron chi connectivity index (χ2n) is 7.15. The molecule has 0 amide bonds. The molecule has 1 aliphatic rings. The van der Waals surface area contributed by atoms with E-state index >= 15 is 0 Å². The molecule has 4 rings (SSSR count). The summed E-state index contributed by atoms with van der Waals surface area (Å²) in [5.74, 6) is 0.0752. The van der Waals surface area contributed by atoms with Gasteiger partial charge in [0.25, 0.3) is 0 Å². The van der Waals surface area contributed by atoms with E-state index in [1.165, 1.54) is 0 Å². The van der Waals surface area contributed by atoms with Crippen LogP contribution in [0, 0.1) is 6.92 Å². The van der Waals surface area contributed by atoms with E-state index in [9.17, 15) is 13.2 Å². The molecule has 0 spiro atoms. The molecule has 6 nitrogen and oxygen atoms in total. The zero-order chi connectivity index (χ0) is 21.3. The SMILES string of the molecule is CCOCOc1cc(C(F)(F)F)cc(C)c1-c1ccc2cn([C@@H]3CCOC3)nc2n1. The molecule has 0 aliphatic carbocycles. The number of halogens is 3. The highest BCUT2D eigenvalue weighted by molar-refractivity contribution is 5.80. The van der Waals surface area contributed by atoms with Gasteiger partial charge < -0.3 is 14.2 Å². The lowest BCUT2D eigenvalue weighted by molar-refractivity contribution is -0.137. The Balaban J connectivity index is 1.76. The molecule has 0 bridgehead atoms. The average Bonchev–Trinajstić information content (AvgIpc) is 3.36. The number of alkyl halides is 3. The molecule has 0 saturated carbocycles. The summed E-state index contributed by atoms with van der Waals surface area (Å²) < 4.78 is 57.9. The van der Waals surface area contributed by atoms with Gasteiger partial charge in [-0.3, -0.25) is 4.68 Å². The smallest absolute Gasteiger partial charge is 0.416 e. The van der Waals surface area contributed by atoms with E-state index in [1.807, 2.05) is 16.9 Å². The van der Waals surface area contributed by atoms with Gasteiger partial charge >= 0.3 is 6.18 Å². The van der Waals surface area contributed by atoms with E-state index in [4.69, 9.17) is 14.2 Å². The number of pyridine rings is 1. The molecule has 1 aliphatic heterocycles. The summed E-state index contributed by atoms with van der Waals surface area (Å²) in [5, 5.41) is 5.41. The van der Waals surface area contributed by atoms with Crippen LogP contribution in [0.4, 0.5) is 13.2 Å². The number of hydrogen-bond donors (Lipinski definition) is 0. The van der Waals surface area contributed by atoms with E-state index in [-0.39, 0.29) is 18.6 Å². The number of aromatic nitrogens is 3. The van der Waals surface area contributed by atoms with Crippen LogP contribution in [0.15, 0.2) is 30.5 Å². The highest BCUT2D eigenvalue weighted by Gasteiger charge is 2.32. The maximum Gasteiger partial charge on any atom is 0.416 e. The number of benzene rings is 1. The van der Waals surface area contributed by atoms with E-state index in [1.54, 1.807) is 19.9 Å². The first kappa shape index (κ1) is 20.6. The lowest BCUT2D eigenvalue weighted by Gasteiger charge is -2.17. The minimum Gasteiger partial charge on any atom is -0.467 e. The molecule has 1 fully saturated rings. The van der Waals surface area contributed by atoms with Gasteiger partial charge in [0, 0.05) is 30.4 Å². The highest BCUT2D eigenvalue weighted by Crippen LogP contribution is 2.39. The fraction of sp³-hybridized carbons (Fsp3) is 0.429. The zero-order valence-corrected chi connectivity index (χ0v) is 16.7. The van der Waals surface area contributed by atoms with Gasteiger partial charge in [-0.1, -0.05) is 0 Å². The summed E-state index contributed by atoms with van der Waals surface area (Å²) in [6, 6.07) is 5.88. The monoisotopic (exact) mass is 421 g/mol. The molecule has 0 N–H and O–H groups in total. The maximum atomic E-state index is 13.3. The molecule has 0 radical (unpaired) electrons. The van der Waals surface area contributed by atoms with Crippen LogP contribution in [0.5, 0.6) is 5.75 Å². The number of aryl methyl sites for hydroxylation is 1. The van der Waals surface area contributed by atoms with Crippen molar-refractivity contribution >= 4 is 11.0 Å². The van der Waals surface area contributed by atoms with Gasteiger partial charge in [-0.2, -0.15) is 18.3 Å². The predicted molar refractivity (Wildman–Crippen MR) is 104 cm³/mol. The van der Waals surface area contributed by atoms with Gasteiger partial charge in [-0.05, 0) is 50.1 Å². The Kier molecular flexibility index (Phi) is 5.66. The molecule has 1 atom stereocenters. The number of fused-ring (bicyclic) bond motifs is 1. The normalized spacial score (nSPS) is 17.0. The summed E-state index contributed by atoms with van der Waals surface area (Å²) >= 11 is 0. The quantitative estimate of drug-likeness (QED) is 0.424. The van der Waals surface area contributed by atoms with Gasteiger partial charge in [-0.15, -0.1) is 0 Å². The van der Waals surface area contributed by atoms with Crippen molar-refractivity contribution in [2.24, 2.45) is 0 Å². The number of nitrogens with zero attached hydrogens (tertiary/aromatic N) is 3. The summed E-state index contributed by atoms with van der Waals surface area (Å²) in [6.45, 7) is 4.93. The van der Waals surface area contributed by atoms with Crippen molar-refractivity contribution in [2.45, 2.75) is 32.5 Å². The number of rotatable bonds is 6. The molecule has 160 valence electrons. The van der Waals surface area contributed by atoms with Crippen molar-refractivity contribution < 1.29 is 27.4 Å². The minimum atomic E-state index is -4.48. The molecule has 9 heteroatoms. The Labute approximate surface area is 171 Å². The third-order valence-electron chi connectivity index (χ3n) is 5.05. The van der Waals surface area contributed by atoms with Crippen LogP contribution in [0.25, 0.3) is 22.3 Å². The number of ether oxygens (including phenoxy) is 3. The second-order valence-corrected chi connectivity index (χ2v) is 7.15. The van der Waals surface area contributed by atoms with Crippen molar-refractivity contribution in [1.29, 1.82) is 0 Å². The molecule has 1 saturated heterocycles. The van der Waals surface area contributed by atoms with Crippen molar-refractivity contribution in [3.63, 3.8) is 0 Å². The Morgan fingerprint density at radius 2 is 2.10 bits per heavy atom. The fourth-order valence-corrected chi connectivity index (χ4v) is 3.53. The number of hydrogen-bond acceptors (Lipinski definition) is 5. The van der Waals surface area contributed by atoms with E-state index < -0.39 is 11.7 Å². The molecular formula is C21H22F3N3O3. The Bertz CT molecular complexity index is 1040. The van der Waals surface area contributed by atoms with Crippen molar-refractivity contribution in [1.82, 2.24) is 14.8 Å². The van der Waals surface area contributed by atoms with Crippen LogP contribution >= 0.6 is 0 Å². The van der Waals surface area contributed by atoms with Crippen LogP contribution in [0.2, 0.25) is 0 Å². The summed E-state index contributed by atoms with van der Waals surface area (Å²) in [5.41, 5.74) is 1.14. The van der Waals surface area contributed by atoms with Gasteiger partial charge in [0.1, 0.15) is 5.75 Å². The van der Waals surface area contributed by atoms with Crippen LogP contribution in [0.3, 0.4) is 0 Å². The maximum absolute atomic E-state index is 13.3. The molecule has 30 heavy (non-hydrogen) atoms. The third kappa shape index (κ3) is 4.13. The zero-order valence-electron chi connectivity index (χ0n) is 16.7. The van der Waals surface area contributed by atoms with Gasteiger partial charge in [0.2, 0.25) is 0 Å². The van der Waals surface area contributed by atoms with Crippen LogP contribution in [-0.4, -0.2) is 41.4 Å². The molecule has 0 unspecified atom stereocenters. The lowest BCUT2D eigenvalue weighted by atomic mass is 10.00. The topological polar surface area (TPSA) is 58.4 Å². The van der Waals surface area contributed by atoms with Crippen molar-refractivity contribution in [3.05, 3.63) is 41.6 Å². The highest BCUT2D eigenvalue weighted by atomic mass is 19.4. The van der Waals surface area contributed by atoms with Crippen LogP contribution in [0.1, 0.15) is 30.5 Å². The Morgan fingerprint density at radius 3 is 2.80 bits per heavy atom. The Morgan fingerprint density at radius 1 is 1.27 bits per heavy atom. The molecule has 2 aromatic heterocycles. The third-order valence-corrected chi connectivity index (χ3v) is 5.05. The second kappa shape index (κ2) is 8.23.